The molecule has 1 atom stereocenters. The van der Waals surface area contributed by atoms with Crippen LogP contribution in [0.1, 0.15) is 44.6 Å². The Morgan fingerprint density at radius 2 is 2.14 bits per heavy atom. The molecule has 2 heterocycles. The largest absolute Gasteiger partial charge is 0.500 e. The van der Waals surface area contributed by atoms with E-state index >= 15 is 0 Å². The Labute approximate surface area is 170 Å². The zero-order valence-electron chi connectivity index (χ0n) is 16.9. The summed E-state index contributed by atoms with van der Waals surface area (Å²) in [5.41, 5.74) is 3.42. The average Bonchev–Trinajstić information content (AvgIpc) is 3.29. The molecule has 2 aliphatic rings. The number of carbonyl (C=O) groups excluding carboxylic acids is 2. The molecule has 0 aromatic heterocycles. The van der Waals surface area contributed by atoms with Gasteiger partial charge in [-0.3, -0.25) is 19.5 Å². The molecule has 2 aliphatic heterocycles. The second-order valence-electron chi connectivity index (χ2n) is 7.29. The molecule has 1 unspecified atom stereocenters. The molecule has 6 nitrogen and oxygen atoms in total. The van der Waals surface area contributed by atoms with Crippen LogP contribution < -0.4 is 9.64 Å². The molecule has 0 saturated heterocycles. The van der Waals surface area contributed by atoms with Crippen LogP contribution in [-0.4, -0.2) is 36.5 Å². The zero-order valence-corrected chi connectivity index (χ0v) is 16.9. The van der Waals surface area contributed by atoms with Crippen molar-refractivity contribution in [2.75, 3.05) is 13.7 Å². The van der Waals surface area contributed by atoms with E-state index in [2.05, 4.69) is 11.9 Å². The number of phenols is 1. The quantitative estimate of drug-likeness (QED) is 0.276. The first kappa shape index (κ1) is 20.7. The number of Topliss-reactive ketones (excluding diaryl/α,β-unsaturated/α-hetero) is 1. The molecule has 0 spiro atoms. The van der Waals surface area contributed by atoms with Crippen LogP contribution in [0, 0.1) is 0 Å². The van der Waals surface area contributed by atoms with E-state index in [9.17, 15) is 14.7 Å². The molecule has 2 N–H and O–H groups in total. The monoisotopic (exact) mass is 395 g/mol. The summed E-state index contributed by atoms with van der Waals surface area (Å²) >= 11 is 0. The Morgan fingerprint density at radius 3 is 2.86 bits per heavy atom. The Hall–Kier alpha value is -2.99. The number of rotatable bonds is 10. The van der Waals surface area contributed by atoms with Crippen LogP contribution in [-0.2, 0) is 9.59 Å². The van der Waals surface area contributed by atoms with Gasteiger partial charge in [0.25, 0.3) is 0 Å². The second kappa shape index (κ2) is 9.47. The van der Waals surface area contributed by atoms with Gasteiger partial charge in [0.15, 0.2) is 17.2 Å². The van der Waals surface area contributed by atoms with Crippen molar-refractivity contribution < 1.29 is 24.3 Å². The van der Waals surface area contributed by atoms with Crippen LogP contribution >= 0.6 is 0 Å². The lowest BCUT2D eigenvalue weighted by Crippen LogP contribution is -3.01. The topological polar surface area (TPSA) is 80.4 Å². The summed E-state index contributed by atoms with van der Waals surface area (Å²) in [7, 11) is 1.49. The number of quaternary nitrogens is 1. The first-order chi connectivity index (χ1) is 14.0. The number of benzene rings is 1. The third kappa shape index (κ3) is 5.09. The number of ketones is 2. The van der Waals surface area contributed by atoms with Crippen LogP contribution in [0.3, 0.4) is 0 Å². The van der Waals surface area contributed by atoms with Crippen LogP contribution in [0.15, 0.2) is 46.7 Å². The summed E-state index contributed by atoms with van der Waals surface area (Å²) in [6.07, 6.45) is 12.0. The number of carbonyl (C=O) groups is 2. The lowest BCUT2D eigenvalue weighted by molar-refractivity contribution is -0.764. The standard InChI is InChI=1S/C23H26N2O4/c1-3-4-5-6-18(26)13-19(27)8-7-16-11-21(23(28)22(12-16)29-2)25-14-17-9-10-24-20(17)15-25/h7-12,15,28H,3-6,13-14H2,1-2H3/p+1. The molecular weight excluding hydrogens is 368 g/mol. The fraction of sp³-hybridized carbons (Fsp3) is 0.348. The van der Waals surface area contributed by atoms with Gasteiger partial charge in [-0.1, -0.05) is 25.8 Å². The number of allylic oxidation sites excluding steroid dienone is 2. The Bertz CT molecular complexity index is 925. The van der Waals surface area contributed by atoms with Crippen molar-refractivity contribution >= 4 is 29.5 Å². The zero-order chi connectivity index (χ0) is 20.8. The van der Waals surface area contributed by atoms with E-state index in [4.69, 9.17) is 4.74 Å². The van der Waals surface area contributed by atoms with E-state index < -0.39 is 0 Å². The van der Waals surface area contributed by atoms with Crippen LogP contribution in [0.4, 0.5) is 5.69 Å². The molecule has 152 valence electrons. The number of phenolic OH excluding ortho intramolecular Hbond substituents is 1. The number of aliphatic imine (C=N–C) groups is 1. The minimum Gasteiger partial charge on any atom is -0.500 e. The molecule has 0 amide bonds. The molecule has 0 saturated carbocycles. The summed E-state index contributed by atoms with van der Waals surface area (Å²) < 4.78 is 5.30. The lowest BCUT2D eigenvalue weighted by atomic mass is 10.1. The van der Waals surface area contributed by atoms with Crippen molar-refractivity contribution in [1.29, 1.82) is 0 Å². The van der Waals surface area contributed by atoms with Crippen LogP contribution in [0.2, 0.25) is 0 Å². The van der Waals surface area contributed by atoms with E-state index in [1.54, 1.807) is 18.4 Å². The predicted molar refractivity (Wildman–Crippen MR) is 113 cm³/mol. The van der Waals surface area contributed by atoms with Gasteiger partial charge < -0.3 is 9.84 Å². The molecule has 29 heavy (non-hydrogen) atoms. The number of methoxy groups -OCH3 is 1. The van der Waals surface area contributed by atoms with Crippen molar-refractivity contribution in [1.82, 2.24) is 0 Å². The summed E-state index contributed by atoms with van der Waals surface area (Å²) in [5, 5.41) is 10.6. The maximum atomic E-state index is 12.1. The van der Waals surface area contributed by atoms with Crippen LogP contribution in [0.5, 0.6) is 11.5 Å². The fourth-order valence-electron chi connectivity index (χ4n) is 3.48. The second-order valence-corrected chi connectivity index (χ2v) is 7.29. The number of nitrogens with one attached hydrogen (secondary N) is 1. The van der Waals surface area contributed by atoms with E-state index in [1.165, 1.54) is 13.2 Å². The maximum absolute atomic E-state index is 12.1. The highest BCUT2D eigenvalue weighted by atomic mass is 16.5. The fourth-order valence-corrected chi connectivity index (χ4v) is 3.48. The average molecular weight is 395 g/mol. The molecule has 0 fully saturated rings. The smallest absolute Gasteiger partial charge is 0.220 e. The lowest BCUT2D eigenvalue weighted by Gasteiger charge is -2.14. The SMILES string of the molecule is CCCCCC(=O)CC(=O)C=Cc1cc(OC)c(O)c([NH+]2C=C3N=CC=C3C2)c1. The van der Waals surface area contributed by atoms with E-state index in [1.807, 2.05) is 18.3 Å². The van der Waals surface area contributed by atoms with E-state index in [-0.39, 0.29) is 23.7 Å². The Balaban J connectivity index is 1.73. The molecule has 0 bridgehead atoms. The summed E-state index contributed by atoms with van der Waals surface area (Å²) in [6, 6.07) is 3.50. The molecule has 6 heteroatoms. The third-order valence-corrected chi connectivity index (χ3v) is 5.07. The molecule has 1 aromatic carbocycles. The van der Waals surface area contributed by atoms with Gasteiger partial charge >= 0.3 is 0 Å². The number of unbranched alkanes of at least 4 members (excludes halogenated alkanes) is 2. The van der Waals surface area contributed by atoms with Gasteiger partial charge in [-0.2, -0.15) is 0 Å². The summed E-state index contributed by atoms with van der Waals surface area (Å²) in [5.74, 6) is 0.166. The van der Waals surface area contributed by atoms with E-state index in [0.29, 0.717) is 24.4 Å². The number of nitrogens with zero attached hydrogens (tertiary/aromatic N) is 1. The number of ether oxygens (including phenoxy) is 1. The number of fused-ring (bicyclic) bond motifs is 1. The first-order valence-electron chi connectivity index (χ1n) is 9.97. The highest BCUT2D eigenvalue weighted by Crippen LogP contribution is 2.35. The first-order valence-corrected chi connectivity index (χ1v) is 9.97. The van der Waals surface area contributed by atoms with Crippen LogP contribution in [0.25, 0.3) is 6.08 Å². The van der Waals surface area contributed by atoms with Gasteiger partial charge in [0, 0.05) is 24.3 Å². The molecular formula is C23H27N2O4+. The third-order valence-electron chi connectivity index (χ3n) is 5.07. The van der Waals surface area contributed by atoms with Gasteiger partial charge in [-0.25, -0.2) is 0 Å². The highest BCUT2D eigenvalue weighted by molar-refractivity contribution is 6.06. The number of hydrogen-bond acceptors (Lipinski definition) is 5. The summed E-state index contributed by atoms with van der Waals surface area (Å²) in [6.45, 7) is 2.76. The normalized spacial score (nSPS) is 17.4. The minimum atomic E-state index is -0.218. The molecule has 1 aromatic rings. The summed E-state index contributed by atoms with van der Waals surface area (Å²) in [4.78, 5) is 29.3. The number of hydrogen-bond donors (Lipinski definition) is 2. The molecule has 3 rings (SSSR count). The van der Waals surface area contributed by atoms with Gasteiger partial charge in [0.1, 0.15) is 24.2 Å². The van der Waals surface area contributed by atoms with Gasteiger partial charge in [-0.05, 0) is 30.2 Å². The number of aromatic hydroxyl groups is 1. The maximum Gasteiger partial charge on any atom is 0.220 e. The Morgan fingerprint density at radius 1 is 1.31 bits per heavy atom. The van der Waals surface area contributed by atoms with Gasteiger partial charge in [0.2, 0.25) is 5.75 Å². The predicted octanol–water partition coefficient (Wildman–Crippen LogP) is 2.90. The van der Waals surface area contributed by atoms with Crippen molar-refractivity contribution in [3.05, 3.63) is 47.3 Å². The highest BCUT2D eigenvalue weighted by Gasteiger charge is 2.29. The van der Waals surface area contributed by atoms with E-state index in [0.717, 1.165) is 41.0 Å². The van der Waals surface area contributed by atoms with Crippen molar-refractivity contribution in [3.8, 4) is 11.5 Å². The van der Waals surface area contributed by atoms with Gasteiger partial charge in [0.05, 0.1) is 13.5 Å². The minimum absolute atomic E-state index is 0.0226. The Kier molecular flexibility index (Phi) is 6.77. The van der Waals surface area contributed by atoms with Crippen molar-refractivity contribution in [2.24, 2.45) is 4.99 Å². The van der Waals surface area contributed by atoms with Crippen molar-refractivity contribution in [2.45, 2.75) is 39.0 Å². The molecule has 0 radical (unpaired) electrons. The molecule has 0 aliphatic carbocycles. The van der Waals surface area contributed by atoms with Gasteiger partial charge in [-0.15, -0.1) is 0 Å². The van der Waals surface area contributed by atoms with Crippen molar-refractivity contribution in [3.63, 3.8) is 0 Å².